The van der Waals surface area contributed by atoms with Gasteiger partial charge in [0.15, 0.2) is 17.3 Å². The highest BCUT2D eigenvalue weighted by molar-refractivity contribution is 5.33. The Hall–Kier alpha value is -2.49. The summed E-state index contributed by atoms with van der Waals surface area (Å²) < 4.78 is 30.9. The molecular weight excluding hydrogens is 218 g/mol. The maximum absolute atomic E-state index is 13.3. The molecule has 80 valence electrons. The molecule has 0 amide bonds. The van der Waals surface area contributed by atoms with Gasteiger partial charge >= 0.3 is 0 Å². The van der Waals surface area contributed by atoms with E-state index in [1.807, 2.05) is 0 Å². The summed E-state index contributed by atoms with van der Waals surface area (Å²) in [5.41, 5.74) is -0.421. The Labute approximate surface area is 88.5 Å². The van der Waals surface area contributed by atoms with E-state index < -0.39 is 17.3 Å². The van der Waals surface area contributed by atoms with Gasteiger partial charge in [0.2, 0.25) is 0 Å². The van der Waals surface area contributed by atoms with Gasteiger partial charge < -0.3 is 4.74 Å². The summed E-state index contributed by atoms with van der Waals surface area (Å²) in [5, 5.41) is 15.4. The molecule has 0 spiro atoms. The minimum absolute atomic E-state index is 0.134. The zero-order valence-corrected chi connectivity index (χ0v) is 7.76. The average molecular weight is 222 g/mol. The van der Waals surface area contributed by atoms with Crippen molar-refractivity contribution in [3.05, 3.63) is 36.0 Å². The molecule has 2 aromatic rings. The van der Waals surface area contributed by atoms with Gasteiger partial charge in [0, 0.05) is 0 Å². The van der Waals surface area contributed by atoms with Gasteiger partial charge in [-0.3, -0.25) is 0 Å². The van der Waals surface area contributed by atoms with E-state index in [4.69, 9.17) is 5.26 Å². The van der Waals surface area contributed by atoms with Gasteiger partial charge in [-0.1, -0.05) is 6.07 Å². The van der Waals surface area contributed by atoms with E-state index in [2.05, 4.69) is 14.9 Å². The fourth-order valence-corrected chi connectivity index (χ4v) is 1.13. The fraction of sp³-hybridized carbons (Fsp3) is 0. The summed E-state index contributed by atoms with van der Waals surface area (Å²) in [5.74, 6) is -1.75. The van der Waals surface area contributed by atoms with E-state index >= 15 is 0 Å². The standard InChI is InChI=1S/C9H4F2N4O/c10-6-2-1-3-7(11)9(6)15-13-4-8(14-15)16-5-12/h1-4H. The molecule has 0 atom stereocenters. The van der Waals surface area contributed by atoms with Crippen LogP contribution in [-0.2, 0) is 0 Å². The highest BCUT2D eigenvalue weighted by Crippen LogP contribution is 2.16. The van der Waals surface area contributed by atoms with Gasteiger partial charge in [-0.2, -0.15) is 5.10 Å². The monoisotopic (exact) mass is 222 g/mol. The van der Waals surface area contributed by atoms with Crippen LogP contribution in [0.15, 0.2) is 24.4 Å². The number of hydrogen-bond acceptors (Lipinski definition) is 4. The molecule has 1 aromatic heterocycles. The van der Waals surface area contributed by atoms with Crippen LogP contribution in [0.5, 0.6) is 5.88 Å². The molecule has 0 saturated carbocycles. The number of ether oxygens (including phenoxy) is 1. The number of benzene rings is 1. The van der Waals surface area contributed by atoms with Crippen LogP contribution in [0.3, 0.4) is 0 Å². The lowest BCUT2D eigenvalue weighted by Gasteiger charge is -2.01. The molecule has 7 heteroatoms. The largest absolute Gasteiger partial charge is 0.364 e. The van der Waals surface area contributed by atoms with Crippen LogP contribution < -0.4 is 4.74 Å². The van der Waals surface area contributed by atoms with E-state index in [0.29, 0.717) is 0 Å². The third-order valence-electron chi connectivity index (χ3n) is 1.76. The number of hydrogen-bond donors (Lipinski definition) is 0. The van der Waals surface area contributed by atoms with Crippen molar-refractivity contribution in [2.24, 2.45) is 0 Å². The van der Waals surface area contributed by atoms with Crippen molar-refractivity contribution in [1.29, 1.82) is 5.26 Å². The Kier molecular flexibility index (Phi) is 2.47. The van der Waals surface area contributed by atoms with Crippen LogP contribution in [0, 0.1) is 23.2 Å². The first-order valence-corrected chi connectivity index (χ1v) is 4.15. The second-order valence-corrected chi connectivity index (χ2v) is 2.74. The number of rotatable bonds is 2. The third-order valence-corrected chi connectivity index (χ3v) is 1.76. The lowest BCUT2D eigenvalue weighted by Crippen LogP contribution is -2.04. The molecule has 16 heavy (non-hydrogen) atoms. The predicted octanol–water partition coefficient (Wildman–Crippen LogP) is 1.41. The van der Waals surface area contributed by atoms with Crippen LogP contribution >= 0.6 is 0 Å². The smallest absolute Gasteiger partial charge is 0.293 e. The fourth-order valence-electron chi connectivity index (χ4n) is 1.13. The molecule has 0 radical (unpaired) electrons. The third kappa shape index (κ3) is 1.68. The van der Waals surface area contributed by atoms with Crippen LogP contribution in [-0.4, -0.2) is 15.0 Å². The molecule has 0 aliphatic rings. The molecule has 0 fully saturated rings. The molecule has 0 aliphatic heterocycles. The first-order valence-electron chi connectivity index (χ1n) is 4.15. The zero-order chi connectivity index (χ0) is 11.5. The van der Waals surface area contributed by atoms with Crippen LogP contribution in [0.2, 0.25) is 0 Å². The Morgan fingerprint density at radius 1 is 1.31 bits per heavy atom. The van der Waals surface area contributed by atoms with Gasteiger partial charge in [0.1, 0.15) is 6.20 Å². The first kappa shape index (κ1) is 10.0. The van der Waals surface area contributed by atoms with Crippen molar-refractivity contribution in [2.75, 3.05) is 0 Å². The lowest BCUT2D eigenvalue weighted by atomic mass is 10.3. The molecule has 0 bridgehead atoms. The predicted molar refractivity (Wildman–Crippen MR) is 47.5 cm³/mol. The Morgan fingerprint density at radius 3 is 2.62 bits per heavy atom. The van der Waals surface area contributed by atoms with Crippen molar-refractivity contribution in [1.82, 2.24) is 15.0 Å². The van der Waals surface area contributed by atoms with E-state index in [9.17, 15) is 8.78 Å². The van der Waals surface area contributed by atoms with Crippen LogP contribution in [0.1, 0.15) is 0 Å². The molecule has 1 heterocycles. The van der Waals surface area contributed by atoms with Crippen molar-refractivity contribution < 1.29 is 13.5 Å². The SMILES string of the molecule is N#COc1cnn(-c2c(F)cccc2F)n1. The van der Waals surface area contributed by atoms with Crippen LogP contribution in [0.25, 0.3) is 5.69 Å². The first-order chi connectivity index (χ1) is 7.72. The van der Waals surface area contributed by atoms with E-state index in [1.165, 1.54) is 12.3 Å². The summed E-state index contributed by atoms with van der Waals surface area (Å²) >= 11 is 0. The molecule has 5 nitrogen and oxygen atoms in total. The van der Waals surface area contributed by atoms with Gasteiger partial charge in [-0.25, -0.2) is 8.78 Å². The molecule has 1 aromatic carbocycles. The molecule has 0 N–H and O–H groups in total. The van der Waals surface area contributed by atoms with Gasteiger partial charge in [-0.15, -0.1) is 15.2 Å². The minimum atomic E-state index is -0.806. The lowest BCUT2D eigenvalue weighted by molar-refractivity contribution is 0.474. The second-order valence-electron chi connectivity index (χ2n) is 2.74. The van der Waals surface area contributed by atoms with Crippen molar-refractivity contribution in [3.63, 3.8) is 0 Å². The van der Waals surface area contributed by atoms with Crippen molar-refractivity contribution >= 4 is 0 Å². The minimum Gasteiger partial charge on any atom is -0.364 e. The van der Waals surface area contributed by atoms with E-state index in [0.717, 1.165) is 23.1 Å². The maximum atomic E-state index is 13.3. The highest BCUT2D eigenvalue weighted by Gasteiger charge is 2.13. The summed E-state index contributed by atoms with van der Waals surface area (Å²) in [4.78, 5) is 0.720. The second kappa shape index (κ2) is 3.94. The molecule has 2 rings (SSSR count). The molecular formula is C9H4F2N4O. The summed E-state index contributed by atoms with van der Waals surface area (Å²) in [6.45, 7) is 0. The van der Waals surface area contributed by atoms with E-state index in [1.54, 1.807) is 0 Å². The molecule has 0 aliphatic carbocycles. The number of para-hydroxylation sites is 1. The van der Waals surface area contributed by atoms with Crippen LogP contribution in [0.4, 0.5) is 8.78 Å². The summed E-state index contributed by atoms with van der Waals surface area (Å²) in [7, 11) is 0. The Bertz CT molecular complexity index is 541. The Balaban J connectivity index is 2.47. The van der Waals surface area contributed by atoms with Gasteiger partial charge in [0.05, 0.1) is 0 Å². The maximum Gasteiger partial charge on any atom is 0.293 e. The normalized spacial score (nSPS) is 9.81. The number of nitrogens with zero attached hydrogens (tertiary/aromatic N) is 4. The number of aromatic nitrogens is 3. The van der Waals surface area contributed by atoms with Gasteiger partial charge in [0.25, 0.3) is 12.1 Å². The number of halogens is 2. The molecule has 0 saturated heterocycles. The van der Waals surface area contributed by atoms with Crippen molar-refractivity contribution in [3.8, 4) is 17.8 Å². The average Bonchev–Trinajstić information content (AvgIpc) is 2.67. The van der Waals surface area contributed by atoms with E-state index in [-0.39, 0.29) is 5.88 Å². The topological polar surface area (TPSA) is 63.7 Å². The number of nitriles is 1. The quantitative estimate of drug-likeness (QED) is 0.720. The Morgan fingerprint density at radius 2 is 2.00 bits per heavy atom. The highest BCUT2D eigenvalue weighted by atomic mass is 19.1. The molecule has 0 unspecified atom stereocenters. The summed E-state index contributed by atoms with van der Waals surface area (Å²) in [6.07, 6.45) is 2.45. The zero-order valence-electron chi connectivity index (χ0n) is 7.76. The van der Waals surface area contributed by atoms with Gasteiger partial charge in [-0.05, 0) is 12.1 Å². The van der Waals surface area contributed by atoms with Crippen molar-refractivity contribution in [2.45, 2.75) is 0 Å². The summed E-state index contributed by atoms with van der Waals surface area (Å²) in [6, 6.07) is 3.38.